The summed E-state index contributed by atoms with van der Waals surface area (Å²) in [6.07, 6.45) is 6.46. The normalized spacial score (nSPS) is 33.4. The number of amides is 2. The Labute approximate surface area is 121 Å². The average molecular weight is 282 g/mol. The van der Waals surface area contributed by atoms with E-state index in [4.69, 9.17) is 0 Å². The van der Waals surface area contributed by atoms with Crippen LogP contribution < -0.4 is 0 Å². The summed E-state index contributed by atoms with van der Waals surface area (Å²) in [5.41, 5.74) is 0.647. The fraction of sp³-hybridized carbons (Fsp3) is 0.312. The van der Waals surface area contributed by atoms with Crippen molar-refractivity contribution in [2.75, 3.05) is 0 Å². The van der Waals surface area contributed by atoms with Crippen molar-refractivity contribution in [1.29, 1.82) is 0 Å². The van der Waals surface area contributed by atoms with Crippen molar-refractivity contribution in [3.05, 3.63) is 42.0 Å². The molecule has 21 heavy (non-hydrogen) atoms. The van der Waals surface area contributed by atoms with Crippen LogP contribution in [0.15, 0.2) is 41.5 Å². The Morgan fingerprint density at radius 2 is 1.81 bits per heavy atom. The average Bonchev–Trinajstić information content (AvgIpc) is 3.12. The second-order valence-corrected chi connectivity index (χ2v) is 5.83. The van der Waals surface area contributed by atoms with E-state index in [0.29, 0.717) is 5.56 Å². The third kappa shape index (κ3) is 1.73. The summed E-state index contributed by atoms with van der Waals surface area (Å²) < 4.78 is 0. The molecule has 4 atom stereocenters. The van der Waals surface area contributed by atoms with Gasteiger partial charge in [0.1, 0.15) is 5.75 Å². The standard InChI is InChI=1S/C16H14N2O3/c19-12-3-1-2-9(6-12)8-17-18-15(20)13-10-4-5-11(7-10)14(13)16(18)21/h1-6,8,10-11,13-14,19H,7H2/b17-8-/t10-,11-,13+,14+/m0/s1. The van der Waals surface area contributed by atoms with E-state index in [2.05, 4.69) is 17.3 Å². The van der Waals surface area contributed by atoms with Crippen LogP contribution in [0.2, 0.25) is 0 Å². The molecule has 1 aromatic carbocycles. The highest BCUT2D eigenvalue weighted by Crippen LogP contribution is 2.52. The molecular weight excluding hydrogens is 268 g/mol. The van der Waals surface area contributed by atoms with Gasteiger partial charge in [-0.25, -0.2) is 0 Å². The molecule has 1 aliphatic heterocycles. The number of benzene rings is 1. The largest absolute Gasteiger partial charge is 0.508 e. The number of phenolic OH excluding ortho intramolecular Hbond substituents is 1. The lowest BCUT2D eigenvalue weighted by atomic mass is 9.85. The van der Waals surface area contributed by atoms with Gasteiger partial charge in [-0.3, -0.25) is 9.59 Å². The van der Waals surface area contributed by atoms with Crippen molar-refractivity contribution in [3.8, 4) is 5.75 Å². The molecule has 4 rings (SSSR count). The Bertz CT molecular complexity index is 665. The van der Waals surface area contributed by atoms with E-state index in [-0.39, 0.29) is 41.2 Å². The van der Waals surface area contributed by atoms with Gasteiger partial charge in [0.05, 0.1) is 18.1 Å². The fourth-order valence-corrected chi connectivity index (χ4v) is 3.73. The lowest BCUT2D eigenvalue weighted by Crippen LogP contribution is -2.28. The minimum Gasteiger partial charge on any atom is -0.508 e. The van der Waals surface area contributed by atoms with Crippen molar-refractivity contribution in [2.45, 2.75) is 6.42 Å². The van der Waals surface area contributed by atoms with Gasteiger partial charge >= 0.3 is 0 Å². The van der Waals surface area contributed by atoms with Crippen LogP contribution in [0.25, 0.3) is 0 Å². The van der Waals surface area contributed by atoms with E-state index in [1.165, 1.54) is 12.3 Å². The zero-order valence-electron chi connectivity index (χ0n) is 11.2. The Kier molecular flexibility index (Phi) is 2.51. The SMILES string of the molecule is O=C1[C@H]2[C@H](C(=O)N1/N=C\c1cccc(O)c1)[C@H]1C=C[C@H]2C1. The van der Waals surface area contributed by atoms with E-state index in [1.54, 1.807) is 18.2 Å². The van der Waals surface area contributed by atoms with Crippen molar-refractivity contribution in [2.24, 2.45) is 28.8 Å². The molecular formula is C16H14N2O3. The predicted octanol–water partition coefficient (Wildman–Crippen LogP) is 1.53. The Morgan fingerprint density at radius 3 is 2.43 bits per heavy atom. The van der Waals surface area contributed by atoms with Crippen molar-refractivity contribution in [1.82, 2.24) is 5.01 Å². The van der Waals surface area contributed by atoms with E-state index < -0.39 is 0 Å². The number of fused-ring (bicyclic) bond motifs is 5. The van der Waals surface area contributed by atoms with Gasteiger partial charge in [0.15, 0.2) is 0 Å². The molecule has 1 heterocycles. The predicted molar refractivity (Wildman–Crippen MR) is 75.3 cm³/mol. The van der Waals surface area contributed by atoms with Crippen molar-refractivity contribution in [3.63, 3.8) is 0 Å². The van der Waals surface area contributed by atoms with Crippen molar-refractivity contribution < 1.29 is 14.7 Å². The summed E-state index contributed by atoms with van der Waals surface area (Å²) in [6.45, 7) is 0. The molecule has 2 fully saturated rings. The zero-order valence-corrected chi connectivity index (χ0v) is 11.2. The summed E-state index contributed by atoms with van der Waals surface area (Å²) >= 11 is 0. The number of allylic oxidation sites excluding steroid dienone is 2. The zero-order chi connectivity index (χ0) is 14.6. The molecule has 0 unspecified atom stereocenters. The molecule has 1 N–H and O–H groups in total. The second kappa shape index (κ2) is 4.28. The molecule has 0 radical (unpaired) electrons. The van der Waals surface area contributed by atoms with Gasteiger partial charge < -0.3 is 5.11 Å². The van der Waals surface area contributed by atoms with Gasteiger partial charge in [0.2, 0.25) is 0 Å². The van der Waals surface area contributed by atoms with Crippen LogP contribution in [0.1, 0.15) is 12.0 Å². The highest BCUT2D eigenvalue weighted by Gasteiger charge is 2.59. The molecule has 0 spiro atoms. The molecule has 3 aliphatic rings. The molecule has 2 aliphatic carbocycles. The molecule has 1 saturated heterocycles. The minimum atomic E-state index is -0.228. The summed E-state index contributed by atoms with van der Waals surface area (Å²) in [4.78, 5) is 24.8. The molecule has 1 saturated carbocycles. The number of hydrogen-bond acceptors (Lipinski definition) is 4. The van der Waals surface area contributed by atoms with Crippen LogP contribution in [-0.4, -0.2) is 28.1 Å². The first-order chi connectivity index (χ1) is 10.1. The topological polar surface area (TPSA) is 70.0 Å². The molecule has 106 valence electrons. The number of imide groups is 1. The Hall–Kier alpha value is -2.43. The summed E-state index contributed by atoms with van der Waals surface area (Å²) in [5.74, 6) is -0.342. The van der Waals surface area contributed by atoms with Gasteiger partial charge in [0.25, 0.3) is 11.8 Å². The maximum Gasteiger partial charge on any atom is 0.254 e. The molecule has 2 amide bonds. The number of carbonyl (C=O) groups is 2. The van der Waals surface area contributed by atoms with Gasteiger partial charge in [-0.2, -0.15) is 10.1 Å². The fourth-order valence-electron chi connectivity index (χ4n) is 3.73. The molecule has 0 aromatic heterocycles. The van der Waals surface area contributed by atoms with E-state index >= 15 is 0 Å². The van der Waals surface area contributed by atoms with E-state index in [1.807, 2.05) is 0 Å². The monoisotopic (exact) mass is 282 g/mol. The lowest BCUT2D eigenvalue weighted by Gasteiger charge is -2.13. The van der Waals surface area contributed by atoms with Gasteiger partial charge in [-0.05, 0) is 36.0 Å². The lowest BCUT2D eigenvalue weighted by molar-refractivity contribution is -0.140. The van der Waals surface area contributed by atoms with Crippen LogP contribution in [0.3, 0.4) is 0 Å². The van der Waals surface area contributed by atoms with E-state index in [9.17, 15) is 14.7 Å². The van der Waals surface area contributed by atoms with Gasteiger partial charge in [-0.15, -0.1) is 0 Å². The Morgan fingerprint density at radius 1 is 1.14 bits per heavy atom. The van der Waals surface area contributed by atoms with Crippen LogP contribution in [-0.2, 0) is 9.59 Å². The van der Waals surface area contributed by atoms with Crippen LogP contribution >= 0.6 is 0 Å². The van der Waals surface area contributed by atoms with Crippen LogP contribution in [0.5, 0.6) is 5.75 Å². The summed E-state index contributed by atoms with van der Waals surface area (Å²) in [7, 11) is 0. The summed E-state index contributed by atoms with van der Waals surface area (Å²) in [6, 6.07) is 6.52. The number of hydrazone groups is 1. The second-order valence-electron chi connectivity index (χ2n) is 5.83. The summed E-state index contributed by atoms with van der Waals surface area (Å²) in [5, 5.41) is 14.5. The van der Waals surface area contributed by atoms with Gasteiger partial charge in [-0.1, -0.05) is 24.3 Å². The third-order valence-corrected chi connectivity index (χ3v) is 4.64. The number of carbonyl (C=O) groups excluding carboxylic acids is 2. The first-order valence-electron chi connectivity index (χ1n) is 7.04. The Balaban J connectivity index is 1.60. The van der Waals surface area contributed by atoms with Crippen molar-refractivity contribution >= 4 is 18.0 Å². The number of rotatable bonds is 2. The third-order valence-electron chi connectivity index (χ3n) is 4.64. The molecule has 2 bridgehead atoms. The highest BCUT2D eigenvalue weighted by molar-refractivity contribution is 6.06. The first kappa shape index (κ1) is 12.3. The maximum atomic E-state index is 12.4. The van der Waals surface area contributed by atoms with Gasteiger partial charge in [0, 0.05) is 0 Å². The molecule has 5 heteroatoms. The number of phenols is 1. The minimum absolute atomic E-state index is 0.122. The number of hydrogen-bond donors (Lipinski definition) is 1. The van der Waals surface area contributed by atoms with E-state index in [0.717, 1.165) is 11.4 Å². The van der Waals surface area contributed by atoms with Crippen LogP contribution in [0, 0.1) is 23.7 Å². The maximum absolute atomic E-state index is 12.4. The molecule has 1 aromatic rings. The smallest absolute Gasteiger partial charge is 0.254 e. The van der Waals surface area contributed by atoms with Crippen LogP contribution in [0.4, 0.5) is 0 Å². The quantitative estimate of drug-likeness (QED) is 0.508. The molecule has 5 nitrogen and oxygen atoms in total. The number of nitrogens with zero attached hydrogens (tertiary/aromatic N) is 2. The number of aromatic hydroxyl groups is 1. The first-order valence-corrected chi connectivity index (χ1v) is 7.04. The highest BCUT2D eigenvalue weighted by atomic mass is 16.3.